The molecule has 0 saturated heterocycles. The minimum Gasteiger partial charge on any atom is -0.0924 e. The van der Waals surface area contributed by atoms with Crippen molar-refractivity contribution in [3.63, 3.8) is 0 Å². The molecule has 4 fully saturated rings. The quantitative estimate of drug-likeness (QED) is 0.219. The average Bonchev–Trinajstić information content (AvgIpc) is 3.72. The summed E-state index contributed by atoms with van der Waals surface area (Å²) < 4.78 is 0. The number of hydrogen-bond donors (Lipinski definition) is 0. The van der Waals surface area contributed by atoms with Crippen molar-refractivity contribution >= 4 is 26.5 Å². The Bertz CT molecular complexity index is 837. The molecule has 0 N–H and O–H groups in total. The molecular formula is C36H52FeP2. The molecule has 0 unspecified atom stereocenters. The molecule has 0 heterocycles. The van der Waals surface area contributed by atoms with Gasteiger partial charge in [-0.2, -0.15) is 0 Å². The smallest absolute Gasteiger partial charge is 0.00804 e. The largest absolute Gasteiger partial charge is 0.0924 e. The first-order valence-corrected chi connectivity index (χ1v) is 19.1. The second kappa shape index (κ2) is 17.1. The molecule has 39 heavy (non-hydrogen) atoms. The Kier molecular flexibility index (Phi) is 13.9. The van der Waals surface area contributed by atoms with Gasteiger partial charge in [-0.05, 0) is 80.0 Å². The molecule has 6 rings (SSSR count). The standard InChI is InChI=1S/C31H42P2.C5H10.Fe/c1-25(32(26-15-6-2-7-16-26)27-17-8-3-9-18-27)30-23-14-24-31(30)33(28-19-10-4-11-20-28)29-21-12-5-13-22-29;1-2-4-5-3-1;/h2-3,6-9,15-18,25,28-29H,4-5,10-14,19-24H2,1H3;1-5H2;/t25-;;/m1../s1. The van der Waals surface area contributed by atoms with Crippen LogP contribution in [0.25, 0.3) is 0 Å². The molecule has 214 valence electrons. The second-order valence-electron chi connectivity index (χ2n) is 12.3. The first-order valence-electron chi connectivity index (χ1n) is 16.2. The van der Waals surface area contributed by atoms with E-state index >= 15 is 0 Å². The van der Waals surface area contributed by atoms with Gasteiger partial charge in [0.25, 0.3) is 0 Å². The molecule has 0 spiro atoms. The maximum Gasteiger partial charge on any atom is 0.00804 e. The summed E-state index contributed by atoms with van der Waals surface area (Å²) in [5.74, 6) is 1.91. The SMILES string of the molecule is C1CCCC1.C[C@H]([C]1CCC[C]1P(C1CCCCC1)C1CCCCC1)P(c1ccccc1)c1ccccc1.[Fe]. The van der Waals surface area contributed by atoms with Crippen molar-refractivity contribution in [3.8, 4) is 0 Å². The van der Waals surface area contributed by atoms with E-state index in [4.69, 9.17) is 0 Å². The van der Waals surface area contributed by atoms with Crippen LogP contribution in [0.2, 0.25) is 0 Å². The summed E-state index contributed by atoms with van der Waals surface area (Å²) >= 11 is 0. The van der Waals surface area contributed by atoms with Gasteiger partial charge in [0, 0.05) is 22.7 Å². The summed E-state index contributed by atoms with van der Waals surface area (Å²) in [5, 5.41) is 3.12. The summed E-state index contributed by atoms with van der Waals surface area (Å²) in [7, 11) is -0.299. The number of benzene rings is 2. The summed E-state index contributed by atoms with van der Waals surface area (Å²) in [6.07, 6.45) is 26.8. The van der Waals surface area contributed by atoms with Crippen LogP contribution < -0.4 is 10.6 Å². The van der Waals surface area contributed by atoms with Crippen molar-refractivity contribution in [2.75, 3.05) is 0 Å². The first kappa shape index (κ1) is 31.7. The van der Waals surface area contributed by atoms with Crippen LogP contribution in [-0.4, -0.2) is 17.0 Å². The molecule has 4 aliphatic rings. The summed E-state index contributed by atoms with van der Waals surface area (Å²) in [6.45, 7) is 2.60. The Morgan fingerprint density at radius 2 is 0.949 bits per heavy atom. The molecule has 1 atom stereocenters. The van der Waals surface area contributed by atoms with E-state index in [1.807, 2.05) is 11.6 Å². The second-order valence-corrected chi connectivity index (χ2v) is 17.7. The van der Waals surface area contributed by atoms with Gasteiger partial charge < -0.3 is 0 Å². The number of rotatable bonds is 7. The van der Waals surface area contributed by atoms with E-state index in [0.717, 1.165) is 11.3 Å². The fraction of sp³-hybridized carbons (Fsp3) is 0.611. The minimum absolute atomic E-state index is 0. The zero-order chi connectivity index (χ0) is 26.0. The maximum absolute atomic E-state index is 2.60. The molecule has 4 aliphatic carbocycles. The Morgan fingerprint density at radius 3 is 1.38 bits per heavy atom. The molecule has 2 aromatic rings. The van der Waals surface area contributed by atoms with Crippen molar-refractivity contribution in [2.45, 2.75) is 139 Å². The van der Waals surface area contributed by atoms with Gasteiger partial charge in [-0.1, -0.05) is 153 Å². The summed E-state index contributed by atoms with van der Waals surface area (Å²) in [6, 6.07) is 23.0. The van der Waals surface area contributed by atoms with Crippen LogP contribution in [0.3, 0.4) is 0 Å². The number of hydrogen-bond acceptors (Lipinski definition) is 0. The predicted molar refractivity (Wildman–Crippen MR) is 173 cm³/mol. The Labute approximate surface area is 254 Å². The topological polar surface area (TPSA) is 0 Å². The summed E-state index contributed by atoms with van der Waals surface area (Å²) in [4.78, 5) is 0. The Balaban J connectivity index is 0.000000530. The van der Waals surface area contributed by atoms with E-state index in [0.29, 0.717) is 5.66 Å². The monoisotopic (exact) mass is 602 g/mol. The van der Waals surface area contributed by atoms with E-state index in [1.54, 1.807) is 10.6 Å². The molecule has 3 heteroatoms. The van der Waals surface area contributed by atoms with Crippen LogP contribution in [0.1, 0.15) is 122 Å². The van der Waals surface area contributed by atoms with Crippen molar-refractivity contribution in [1.82, 2.24) is 0 Å². The van der Waals surface area contributed by atoms with E-state index in [2.05, 4.69) is 67.6 Å². The van der Waals surface area contributed by atoms with Crippen LogP contribution in [0.15, 0.2) is 60.7 Å². The Hall–Kier alpha value is -0.181. The van der Waals surface area contributed by atoms with Crippen molar-refractivity contribution in [1.29, 1.82) is 0 Å². The van der Waals surface area contributed by atoms with Gasteiger partial charge in [-0.15, -0.1) is 0 Å². The third kappa shape index (κ3) is 8.67. The van der Waals surface area contributed by atoms with Crippen LogP contribution >= 0.6 is 15.8 Å². The van der Waals surface area contributed by atoms with E-state index < -0.39 is 0 Å². The molecule has 0 aromatic heterocycles. The van der Waals surface area contributed by atoms with Crippen molar-refractivity contribution in [2.24, 2.45) is 0 Å². The van der Waals surface area contributed by atoms with Gasteiger partial charge in [0.2, 0.25) is 0 Å². The Morgan fingerprint density at radius 1 is 0.538 bits per heavy atom. The van der Waals surface area contributed by atoms with Gasteiger partial charge >= 0.3 is 0 Å². The van der Waals surface area contributed by atoms with Gasteiger partial charge in [0.1, 0.15) is 0 Å². The van der Waals surface area contributed by atoms with E-state index in [9.17, 15) is 0 Å². The average molecular weight is 603 g/mol. The van der Waals surface area contributed by atoms with Gasteiger partial charge in [0.05, 0.1) is 0 Å². The third-order valence-corrected chi connectivity index (χ3v) is 16.2. The third-order valence-electron chi connectivity index (χ3n) is 9.69. The van der Waals surface area contributed by atoms with Gasteiger partial charge in [-0.3, -0.25) is 0 Å². The first-order chi connectivity index (χ1) is 18.8. The maximum atomic E-state index is 2.60. The zero-order valence-electron chi connectivity index (χ0n) is 24.5. The molecule has 0 aliphatic heterocycles. The molecule has 0 nitrogen and oxygen atoms in total. The van der Waals surface area contributed by atoms with Crippen LogP contribution in [0.5, 0.6) is 0 Å². The van der Waals surface area contributed by atoms with E-state index in [-0.39, 0.29) is 32.9 Å². The molecular weight excluding hydrogens is 550 g/mol. The fourth-order valence-corrected chi connectivity index (χ4v) is 15.0. The zero-order valence-corrected chi connectivity index (χ0v) is 27.4. The van der Waals surface area contributed by atoms with Crippen molar-refractivity contribution in [3.05, 3.63) is 72.2 Å². The van der Waals surface area contributed by atoms with Gasteiger partial charge in [-0.25, -0.2) is 0 Å². The van der Waals surface area contributed by atoms with Crippen molar-refractivity contribution < 1.29 is 17.1 Å². The van der Waals surface area contributed by atoms with Crippen LogP contribution in [-0.2, 0) is 17.1 Å². The summed E-state index contributed by atoms with van der Waals surface area (Å²) in [5.41, 5.74) is 4.76. The molecule has 4 saturated carbocycles. The molecule has 0 bridgehead atoms. The van der Waals surface area contributed by atoms with Crippen LogP contribution in [0, 0.1) is 11.6 Å². The fourth-order valence-electron chi connectivity index (χ4n) is 7.77. The molecule has 2 radical (unpaired) electrons. The minimum atomic E-state index is -0.357. The predicted octanol–water partition coefficient (Wildman–Crippen LogP) is 10.9. The van der Waals surface area contributed by atoms with Crippen LogP contribution in [0.4, 0.5) is 0 Å². The normalized spacial score (nSPS) is 22.4. The van der Waals surface area contributed by atoms with Gasteiger partial charge in [0.15, 0.2) is 0 Å². The van der Waals surface area contributed by atoms with E-state index in [1.165, 1.54) is 116 Å². The molecule has 0 amide bonds. The molecule has 2 aromatic carbocycles.